The van der Waals surface area contributed by atoms with Gasteiger partial charge in [-0.3, -0.25) is 0 Å². The highest BCUT2D eigenvalue weighted by Crippen LogP contribution is 2.40. The van der Waals surface area contributed by atoms with Crippen LogP contribution < -0.4 is 4.74 Å². The number of nitrogens with zero attached hydrogens (tertiary/aromatic N) is 2. The van der Waals surface area contributed by atoms with Crippen molar-refractivity contribution < 1.29 is 13.9 Å². The Morgan fingerprint density at radius 2 is 1.79 bits per heavy atom. The third-order valence-electron chi connectivity index (χ3n) is 3.99. The van der Waals surface area contributed by atoms with Gasteiger partial charge in [0.05, 0.1) is 21.2 Å². The summed E-state index contributed by atoms with van der Waals surface area (Å²) in [6, 6.07) is 11.3. The first-order chi connectivity index (χ1) is 13.6. The number of aromatic nitrogens is 2. The molecule has 0 amide bonds. The molecule has 152 valence electrons. The summed E-state index contributed by atoms with van der Waals surface area (Å²) >= 11 is 13.4. The average Bonchev–Trinajstić information content (AvgIpc) is 2.93. The smallest absolute Gasteiger partial charge is 0.349 e. The first-order valence-corrected chi connectivity index (χ1v) is 10.3. The monoisotopic (exact) mass is 452 g/mol. The Hall–Kier alpha value is -2.02. The molecule has 0 saturated heterocycles. The number of halogens is 3. The van der Waals surface area contributed by atoms with E-state index in [0.717, 1.165) is 11.0 Å². The summed E-state index contributed by atoms with van der Waals surface area (Å²) in [7, 11) is 0. The third-order valence-corrected chi connectivity index (χ3v) is 5.74. The van der Waals surface area contributed by atoms with Gasteiger partial charge >= 0.3 is 5.97 Å². The van der Waals surface area contributed by atoms with Crippen LogP contribution in [0.25, 0.3) is 0 Å². The van der Waals surface area contributed by atoms with Crippen LogP contribution in [-0.2, 0) is 5.54 Å². The van der Waals surface area contributed by atoms with Crippen LogP contribution in [0.5, 0.6) is 5.88 Å². The Kier molecular flexibility index (Phi) is 6.27. The summed E-state index contributed by atoms with van der Waals surface area (Å²) in [6.07, 6.45) is 0. The zero-order chi connectivity index (χ0) is 21.3. The van der Waals surface area contributed by atoms with Crippen molar-refractivity contribution in [3.63, 3.8) is 0 Å². The van der Waals surface area contributed by atoms with Crippen molar-refractivity contribution in [2.75, 3.05) is 0 Å². The molecule has 0 bridgehead atoms. The minimum absolute atomic E-state index is 0.0135. The van der Waals surface area contributed by atoms with E-state index < -0.39 is 17.3 Å². The van der Waals surface area contributed by atoms with Crippen LogP contribution in [0.4, 0.5) is 4.39 Å². The molecule has 0 radical (unpaired) electrons. The van der Waals surface area contributed by atoms with Gasteiger partial charge < -0.3 is 4.74 Å². The number of hydrogen-bond acceptors (Lipinski definition) is 4. The zero-order valence-electron chi connectivity index (χ0n) is 16.3. The van der Waals surface area contributed by atoms with Gasteiger partial charge in [0.15, 0.2) is 0 Å². The topological polar surface area (TPSA) is 44.1 Å². The summed E-state index contributed by atoms with van der Waals surface area (Å²) < 4.78 is 21.5. The predicted molar refractivity (Wildman–Crippen MR) is 114 cm³/mol. The quantitative estimate of drug-likeness (QED) is 0.410. The number of ether oxygens (including phenoxy) is 1. The van der Waals surface area contributed by atoms with Crippen LogP contribution in [-0.4, -0.2) is 15.7 Å². The Morgan fingerprint density at radius 3 is 2.38 bits per heavy atom. The first kappa shape index (κ1) is 21.7. The van der Waals surface area contributed by atoms with Gasteiger partial charge in [0.1, 0.15) is 11.4 Å². The van der Waals surface area contributed by atoms with Crippen LogP contribution in [0.15, 0.2) is 52.3 Å². The Morgan fingerprint density at radius 1 is 1.14 bits per heavy atom. The van der Waals surface area contributed by atoms with Crippen molar-refractivity contribution in [3.8, 4) is 5.88 Å². The molecule has 0 fully saturated rings. The van der Waals surface area contributed by atoms with Gasteiger partial charge in [-0.1, -0.05) is 41.0 Å². The maximum absolute atomic E-state index is 14.2. The number of hydrogen-bond donors (Lipinski definition) is 0. The Bertz CT molecular complexity index is 1040. The van der Waals surface area contributed by atoms with Crippen molar-refractivity contribution in [2.45, 2.75) is 43.0 Å². The van der Waals surface area contributed by atoms with E-state index in [9.17, 15) is 9.18 Å². The normalized spacial score (nSPS) is 11.6. The molecule has 8 heteroatoms. The van der Waals surface area contributed by atoms with Crippen LogP contribution >= 0.6 is 35.0 Å². The second kappa shape index (κ2) is 8.38. The second-order valence-corrected chi connectivity index (χ2v) is 9.27. The highest BCUT2D eigenvalue weighted by Gasteiger charge is 2.29. The molecule has 0 saturated carbocycles. The summed E-state index contributed by atoms with van der Waals surface area (Å²) in [5.41, 5.74) is -0.101. The molecule has 2 aromatic carbocycles. The molecule has 1 aromatic heterocycles. The molecule has 1 heterocycles. The molecule has 0 unspecified atom stereocenters. The van der Waals surface area contributed by atoms with E-state index >= 15 is 0 Å². The minimum Gasteiger partial charge on any atom is -0.403 e. The van der Waals surface area contributed by atoms with Gasteiger partial charge in [-0.2, -0.15) is 5.10 Å². The van der Waals surface area contributed by atoms with E-state index in [4.69, 9.17) is 27.9 Å². The number of rotatable bonds is 4. The molecule has 0 aliphatic rings. The van der Waals surface area contributed by atoms with Gasteiger partial charge in [0, 0.05) is 9.92 Å². The molecular weight excluding hydrogens is 434 g/mol. The van der Waals surface area contributed by atoms with Gasteiger partial charge in [0.2, 0.25) is 5.88 Å². The third kappa shape index (κ3) is 4.77. The first-order valence-electron chi connectivity index (χ1n) is 8.77. The molecule has 0 spiro atoms. The largest absolute Gasteiger partial charge is 0.403 e. The summed E-state index contributed by atoms with van der Waals surface area (Å²) in [4.78, 5) is 14.3. The summed E-state index contributed by atoms with van der Waals surface area (Å²) in [5.74, 6) is -1.39. The van der Waals surface area contributed by atoms with E-state index in [-0.39, 0.29) is 16.5 Å². The van der Waals surface area contributed by atoms with Crippen molar-refractivity contribution >= 4 is 40.9 Å². The van der Waals surface area contributed by atoms with Crippen LogP contribution in [0.1, 0.15) is 36.8 Å². The number of aryl methyl sites for hydroxylation is 1. The van der Waals surface area contributed by atoms with E-state index in [2.05, 4.69) is 5.10 Å². The fraction of sp³-hybridized carbons (Fsp3) is 0.238. The van der Waals surface area contributed by atoms with Gasteiger partial charge in [-0.25, -0.2) is 13.9 Å². The lowest BCUT2D eigenvalue weighted by molar-refractivity contribution is 0.0699. The molecule has 0 N–H and O–H groups in total. The molecule has 3 aromatic rings. The Labute approximate surface area is 183 Å². The van der Waals surface area contributed by atoms with Gasteiger partial charge in [-0.05, 0) is 64.1 Å². The Balaban J connectivity index is 2.05. The number of benzene rings is 2. The highest BCUT2D eigenvalue weighted by molar-refractivity contribution is 7.99. The highest BCUT2D eigenvalue weighted by atomic mass is 35.5. The zero-order valence-corrected chi connectivity index (χ0v) is 18.6. The lowest BCUT2D eigenvalue weighted by Crippen LogP contribution is -2.25. The molecule has 3 rings (SSSR count). The lowest BCUT2D eigenvalue weighted by Gasteiger charge is -2.22. The lowest BCUT2D eigenvalue weighted by atomic mass is 10.1. The van der Waals surface area contributed by atoms with Gasteiger partial charge in [0.25, 0.3) is 0 Å². The maximum atomic E-state index is 14.2. The van der Waals surface area contributed by atoms with Gasteiger partial charge in [-0.15, -0.1) is 0 Å². The average molecular weight is 453 g/mol. The van der Waals surface area contributed by atoms with Crippen molar-refractivity contribution in [3.05, 3.63) is 69.6 Å². The number of carbonyl (C=O) groups is 1. The van der Waals surface area contributed by atoms with Crippen molar-refractivity contribution in [1.82, 2.24) is 9.78 Å². The SMILES string of the molecule is Cc1nn(C(C)(C)C)c(OC(=O)c2c(F)cccc2Cl)c1Sc1ccc(Cl)cc1. The van der Waals surface area contributed by atoms with Crippen molar-refractivity contribution in [1.29, 1.82) is 0 Å². The molecular formula is C21H19Cl2FN2O2S. The maximum Gasteiger partial charge on any atom is 0.349 e. The molecule has 29 heavy (non-hydrogen) atoms. The van der Waals surface area contributed by atoms with Crippen LogP contribution in [0, 0.1) is 12.7 Å². The van der Waals surface area contributed by atoms with E-state index in [0.29, 0.717) is 15.6 Å². The fourth-order valence-corrected chi connectivity index (χ4v) is 3.88. The van der Waals surface area contributed by atoms with Crippen LogP contribution in [0.3, 0.4) is 0 Å². The van der Waals surface area contributed by atoms with Crippen LogP contribution in [0.2, 0.25) is 10.0 Å². The minimum atomic E-state index is -0.878. The molecule has 0 atom stereocenters. The molecule has 0 aliphatic carbocycles. The fourth-order valence-electron chi connectivity index (χ4n) is 2.61. The second-order valence-electron chi connectivity index (χ2n) is 7.34. The standard InChI is InChI=1S/C21H19Cl2FN2O2S/c1-12-18(29-14-10-8-13(22)9-11-14)19(26(25-12)21(2,3)4)28-20(27)17-15(23)6-5-7-16(17)24/h5-11H,1-4H3. The molecule has 4 nitrogen and oxygen atoms in total. The van der Waals surface area contributed by atoms with E-state index in [1.165, 1.54) is 23.9 Å². The van der Waals surface area contributed by atoms with Crippen molar-refractivity contribution in [2.24, 2.45) is 0 Å². The predicted octanol–water partition coefficient (Wildman–Crippen LogP) is 6.76. The van der Waals surface area contributed by atoms with E-state index in [1.807, 2.05) is 39.8 Å². The summed E-state index contributed by atoms with van der Waals surface area (Å²) in [6.45, 7) is 7.63. The number of carbonyl (C=O) groups excluding carboxylic acids is 1. The van der Waals surface area contributed by atoms with E-state index in [1.54, 1.807) is 16.8 Å². The summed E-state index contributed by atoms with van der Waals surface area (Å²) in [5, 5.41) is 5.16. The molecule has 0 aliphatic heterocycles. The number of esters is 1.